The van der Waals surface area contributed by atoms with Crippen molar-refractivity contribution < 1.29 is 19.1 Å². The third kappa shape index (κ3) is 21.6. The molecule has 6 nitrogen and oxygen atoms in total. The average Bonchev–Trinajstić information content (AvgIpc) is 2.70. The molecule has 0 bridgehead atoms. The van der Waals surface area contributed by atoms with Crippen molar-refractivity contribution in [3.63, 3.8) is 0 Å². The molecular weight excluding hydrogens is 400 g/mol. The molecule has 0 saturated carbocycles. The van der Waals surface area contributed by atoms with Gasteiger partial charge < -0.3 is 15.2 Å². The third-order valence-electron chi connectivity index (χ3n) is 4.35. The maximum Gasteiger partial charge on any atom is 0.435 e. The Balaban J connectivity index is 0. The Labute approximate surface area is 190 Å². The van der Waals surface area contributed by atoms with E-state index in [2.05, 4.69) is 17.6 Å². The summed E-state index contributed by atoms with van der Waals surface area (Å²) in [6.07, 6.45) is 13.9. The van der Waals surface area contributed by atoms with Crippen molar-refractivity contribution in [2.75, 3.05) is 13.7 Å². The van der Waals surface area contributed by atoms with Gasteiger partial charge in [0.2, 0.25) is 0 Å². The molecule has 0 aliphatic rings. The van der Waals surface area contributed by atoms with Gasteiger partial charge in [-0.1, -0.05) is 78.1 Å². The standard InChI is InChI=1S/C21H40N2O4S.C2H6/c1-21(2,28)27-20(25)23-18(19(24)26-3)16-14-12-10-8-6-4-5-7-9-11-13-15-17-22;1-2/h28H,4-17,22H2,1-3H3;1-2H3/b23-18+;. The molecule has 0 unspecified atom stereocenters. The highest BCUT2D eigenvalue weighted by atomic mass is 32.1. The quantitative estimate of drug-likeness (QED) is 0.0933. The normalized spacial score (nSPS) is 11.5. The molecule has 0 aliphatic carbocycles. The predicted molar refractivity (Wildman–Crippen MR) is 129 cm³/mol. The average molecular weight is 447 g/mol. The highest BCUT2D eigenvalue weighted by Gasteiger charge is 2.19. The number of methoxy groups -OCH3 is 1. The first-order chi connectivity index (χ1) is 14.3. The van der Waals surface area contributed by atoms with E-state index in [9.17, 15) is 9.59 Å². The summed E-state index contributed by atoms with van der Waals surface area (Å²) in [5, 5.41) is 0. The zero-order valence-corrected chi connectivity index (χ0v) is 20.9. The molecule has 2 N–H and O–H groups in total. The number of thiol groups is 1. The van der Waals surface area contributed by atoms with Crippen LogP contribution in [0.5, 0.6) is 0 Å². The van der Waals surface area contributed by atoms with Crippen LogP contribution in [0.2, 0.25) is 0 Å². The van der Waals surface area contributed by atoms with Gasteiger partial charge in [0, 0.05) is 0 Å². The first-order valence-electron chi connectivity index (χ1n) is 11.6. The molecule has 0 radical (unpaired) electrons. The van der Waals surface area contributed by atoms with Crippen molar-refractivity contribution in [2.24, 2.45) is 10.7 Å². The number of unbranched alkanes of at least 4 members (excludes halogenated alkanes) is 11. The van der Waals surface area contributed by atoms with E-state index in [1.807, 2.05) is 13.8 Å². The lowest BCUT2D eigenvalue weighted by atomic mass is 10.0. The molecule has 0 heterocycles. The number of rotatable bonds is 16. The van der Waals surface area contributed by atoms with Crippen LogP contribution in [-0.4, -0.2) is 36.4 Å². The number of carbonyl (C=O) groups is 2. The highest BCUT2D eigenvalue weighted by Crippen LogP contribution is 2.16. The smallest absolute Gasteiger partial charge is 0.435 e. The van der Waals surface area contributed by atoms with E-state index in [0.29, 0.717) is 6.42 Å². The van der Waals surface area contributed by atoms with Crippen LogP contribution in [-0.2, 0) is 14.3 Å². The summed E-state index contributed by atoms with van der Waals surface area (Å²) in [5.41, 5.74) is 5.60. The lowest BCUT2D eigenvalue weighted by Gasteiger charge is -2.16. The van der Waals surface area contributed by atoms with Crippen molar-refractivity contribution in [1.29, 1.82) is 0 Å². The number of amides is 1. The fourth-order valence-electron chi connectivity index (χ4n) is 2.87. The number of esters is 1. The molecule has 7 heteroatoms. The molecule has 0 aromatic rings. The second-order valence-electron chi connectivity index (χ2n) is 7.65. The summed E-state index contributed by atoms with van der Waals surface area (Å²) in [7, 11) is 1.28. The molecule has 0 fully saturated rings. The van der Waals surface area contributed by atoms with Crippen LogP contribution in [0.25, 0.3) is 0 Å². The fourth-order valence-corrected chi connectivity index (χ4v) is 2.95. The van der Waals surface area contributed by atoms with Crippen molar-refractivity contribution in [3.05, 3.63) is 0 Å². The molecule has 30 heavy (non-hydrogen) atoms. The Kier molecular flexibility index (Phi) is 21.9. The van der Waals surface area contributed by atoms with E-state index in [4.69, 9.17) is 15.2 Å². The summed E-state index contributed by atoms with van der Waals surface area (Å²) < 4.78 is 9.71. The van der Waals surface area contributed by atoms with Gasteiger partial charge in [0.1, 0.15) is 5.71 Å². The Morgan fingerprint density at radius 2 is 1.23 bits per heavy atom. The predicted octanol–water partition coefficient (Wildman–Crippen LogP) is 6.46. The maximum absolute atomic E-state index is 11.8. The van der Waals surface area contributed by atoms with Crippen molar-refractivity contribution in [3.8, 4) is 0 Å². The number of ether oxygens (including phenoxy) is 2. The molecule has 0 saturated heterocycles. The topological polar surface area (TPSA) is 91.0 Å². The van der Waals surface area contributed by atoms with Gasteiger partial charge >= 0.3 is 12.1 Å². The van der Waals surface area contributed by atoms with Gasteiger partial charge in [-0.3, -0.25) is 0 Å². The lowest BCUT2D eigenvalue weighted by Crippen LogP contribution is -2.23. The zero-order valence-electron chi connectivity index (χ0n) is 20.0. The number of hydrogen-bond acceptors (Lipinski definition) is 6. The number of hydrogen-bond donors (Lipinski definition) is 2. The zero-order chi connectivity index (χ0) is 23.3. The summed E-state index contributed by atoms with van der Waals surface area (Å²) in [5.74, 6) is -0.583. The molecule has 0 aromatic carbocycles. The van der Waals surface area contributed by atoms with Gasteiger partial charge in [0.15, 0.2) is 4.93 Å². The van der Waals surface area contributed by atoms with Crippen LogP contribution in [0.3, 0.4) is 0 Å². The molecule has 0 spiro atoms. The van der Waals surface area contributed by atoms with Gasteiger partial charge in [-0.25, -0.2) is 9.59 Å². The minimum absolute atomic E-state index is 0.111. The second-order valence-corrected chi connectivity index (χ2v) is 8.72. The van der Waals surface area contributed by atoms with Gasteiger partial charge in [0.25, 0.3) is 0 Å². The minimum Gasteiger partial charge on any atom is -0.465 e. The number of carbonyl (C=O) groups excluding carboxylic acids is 2. The van der Waals surface area contributed by atoms with Crippen LogP contribution in [0.4, 0.5) is 4.79 Å². The van der Waals surface area contributed by atoms with E-state index in [-0.39, 0.29) is 5.71 Å². The van der Waals surface area contributed by atoms with Crippen LogP contribution in [0.1, 0.15) is 111 Å². The third-order valence-corrected chi connectivity index (χ3v) is 4.44. The second kappa shape index (κ2) is 21.2. The molecule has 0 atom stereocenters. The first kappa shape index (κ1) is 31.1. The fraction of sp³-hybridized carbons (Fsp3) is 0.870. The SMILES string of the molecule is CC.COC(=O)/C(CCCCCCCCCCCCCCN)=N/C(=O)OC(C)(C)S. The molecular formula is C23H46N2O4S. The summed E-state index contributed by atoms with van der Waals surface area (Å²) >= 11 is 4.12. The number of nitrogens with zero attached hydrogens (tertiary/aromatic N) is 1. The van der Waals surface area contributed by atoms with E-state index in [1.54, 1.807) is 13.8 Å². The van der Waals surface area contributed by atoms with Crippen LogP contribution < -0.4 is 5.73 Å². The van der Waals surface area contributed by atoms with Crippen LogP contribution in [0.15, 0.2) is 4.99 Å². The van der Waals surface area contributed by atoms with Crippen molar-refractivity contribution >= 4 is 30.4 Å². The van der Waals surface area contributed by atoms with Crippen molar-refractivity contribution in [2.45, 2.75) is 116 Å². The van der Waals surface area contributed by atoms with Crippen LogP contribution in [0, 0.1) is 0 Å². The Bertz CT molecular complexity index is 463. The molecule has 0 rings (SSSR count). The lowest BCUT2D eigenvalue weighted by molar-refractivity contribution is -0.132. The largest absolute Gasteiger partial charge is 0.465 e. The van der Waals surface area contributed by atoms with E-state index in [0.717, 1.165) is 32.2 Å². The number of aliphatic imine (C=N–C) groups is 1. The van der Waals surface area contributed by atoms with Crippen LogP contribution >= 0.6 is 12.6 Å². The molecule has 1 amide bonds. The minimum atomic E-state index is -0.938. The Morgan fingerprint density at radius 3 is 1.60 bits per heavy atom. The molecule has 178 valence electrons. The summed E-state index contributed by atoms with van der Waals surface area (Å²) in [6, 6.07) is 0. The number of nitrogens with two attached hydrogens (primary N) is 1. The van der Waals surface area contributed by atoms with Gasteiger partial charge in [-0.2, -0.15) is 4.99 Å². The summed E-state index contributed by atoms with van der Waals surface area (Å²) in [4.78, 5) is 26.3. The molecule has 0 aliphatic heterocycles. The maximum atomic E-state index is 11.8. The Hall–Kier alpha value is -1.08. The summed E-state index contributed by atoms with van der Waals surface area (Å²) in [6.45, 7) is 8.07. The van der Waals surface area contributed by atoms with E-state index < -0.39 is 17.0 Å². The Morgan fingerprint density at radius 1 is 0.833 bits per heavy atom. The first-order valence-corrected chi connectivity index (χ1v) is 12.1. The highest BCUT2D eigenvalue weighted by molar-refractivity contribution is 7.81. The van der Waals surface area contributed by atoms with Gasteiger partial charge in [-0.05, 0) is 39.7 Å². The van der Waals surface area contributed by atoms with E-state index in [1.165, 1.54) is 58.5 Å². The van der Waals surface area contributed by atoms with Crippen molar-refractivity contribution in [1.82, 2.24) is 0 Å². The monoisotopic (exact) mass is 446 g/mol. The van der Waals surface area contributed by atoms with Gasteiger partial charge in [0.05, 0.1) is 7.11 Å². The van der Waals surface area contributed by atoms with Gasteiger partial charge in [-0.15, -0.1) is 12.6 Å². The van der Waals surface area contributed by atoms with E-state index >= 15 is 0 Å². The molecule has 0 aromatic heterocycles.